The van der Waals surface area contributed by atoms with Crippen molar-refractivity contribution in [3.05, 3.63) is 57.8 Å². The fourth-order valence-electron chi connectivity index (χ4n) is 1.64. The van der Waals surface area contributed by atoms with Crippen LogP contribution in [0.2, 0.25) is 10.0 Å². The molecule has 0 bridgehead atoms. The van der Waals surface area contributed by atoms with E-state index in [1.54, 1.807) is 0 Å². The van der Waals surface area contributed by atoms with Crippen molar-refractivity contribution >= 4 is 38.7 Å². The molecule has 0 aliphatic rings. The molecule has 0 atom stereocenters. The molecule has 2 N–H and O–H groups in total. The molecule has 0 aliphatic carbocycles. The Morgan fingerprint density at radius 1 is 1.05 bits per heavy atom. The fourth-order valence-corrected chi connectivity index (χ4v) is 3.38. The largest absolute Gasteiger partial charge is 0.399 e. The van der Waals surface area contributed by atoms with E-state index in [0.717, 1.165) is 6.07 Å². The van der Waals surface area contributed by atoms with Crippen LogP contribution < -0.4 is 5.73 Å². The first-order valence-corrected chi connectivity index (χ1v) is 7.92. The third-order valence-corrected chi connectivity index (χ3v) is 5.08. The van der Waals surface area contributed by atoms with Crippen molar-refractivity contribution in [2.24, 2.45) is 0 Å². The number of hydrogen-bond donors (Lipinski definition) is 1. The van der Waals surface area contributed by atoms with Gasteiger partial charge in [-0.05, 0) is 30.3 Å². The van der Waals surface area contributed by atoms with Gasteiger partial charge in [-0.1, -0.05) is 29.3 Å². The van der Waals surface area contributed by atoms with Crippen LogP contribution in [0.5, 0.6) is 0 Å². The summed E-state index contributed by atoms with van der Waals surface area (Å²) in [5, 5.41) is 0.384. The molecule has 0 heterocycles. The normalized spacial score (nSPS) is 11.6. The first-order chi connectivity index (χ1) is 9.29. The minimum Gasteiger partial charge on any atom is -0.399 e. The highest BCUT2D eigenvalue weighted by Gasteiger charge is 2.18. The molecule has 7 heteroatoms. The van der Waals surface area contributed by atoms with Gasteiger partial charge in [-0.25, -0.2) is 12.8 Å². The summed E-state index contributed by atoms with van der Waals surface area (Å²) >= 11 is 11.5. The van der Waals surface area contributed by atoms with Gasteiger partial charge >= 0.3 is 0 Å². The quantitative estimate of drug-likeness (QED) is 0.871. The van der Waals surface area contributed by atoms with Crippen molar-refractivity contribution in [3.8, 4) is 0 Å². The summed E-state index contributed by atoms with van der Waals surface area (Å²) in [6.45, 7) is 0. The van der Waals surface area contributed by atoms with Crippen molar-refractivity contribution in [3.63, 3.8) is 0 Å². The molecule has 106 valence electrons. The molecule has 20 heavy (non-hydrogen) atoms. The minimum atomic E-state index is -3.71. The number of nitrogen functional groups attached to an aromatic ring is 1. The van der Waals surface area contributed by atoms with Gasteiger partial charge in [0.15, 0.2) is 9.84 Å². The number of rotatable bonds is 3. The van der Waals surface area contributed by atoms with Crippen molar-refractivity contribution in [1.82, 2.24) is 0 Å². The first-order valence-electron chi connectivity index (χ1n) is 5.51. The van der Waals surface area contributed by atoms with E-state index in [4.69, 9.17) is 28.9 Å². The summed E-state index contributed by atoms with van der Waals surface area (Å²) in [6.07, 6.45) is 0. The summed E-state index contributed by atoms with van der Waals surface area (Å²) in [6, 6.07) is 7.84. The van der Waals surface area contributed by atoms with Crippen LogP contribution in [0.3, 0.4) is 0 Å². The van der Waals surface area contributed by atoms with E-state index in [2.05, 4.69) is 0 Å². The molecule has 2 aromatic rings. The zero-order valence-corrected chi connectivity index (χ0v) is 12.4. The molecule has 0 saturated carbocycles. The lowest BCUT2D eigenvalue weighted by Gasteiger charge is -2.07. The summed E-state index contributed by atoms with van der Waals surface area (Å²) in [7, 11) is -3.71. The monoisotopic (exact) mass is 333 g/mol. The molecule has 0 radical (unpaired) electrons. The lowest BCUT2D eigenvalue weighted by atomic mass is 10.2. The number of benzene rings is 2. The number of hydrogen-bond acceptors (Lipinski definition) is 3. The van der Waals surface area contributed by atoms with Gasteiger partial charge in [0.1, 0.15) is 5.82 Å². The van der Waals surface area contributed by atoms with Crippen LogP contribution in [0.1, 0.15) is 5.56 Å². The number of halogens is 3. The average molecular weight is 334 g/mol. The molecule has 0 aromatic heterocycles. The molecule has 3 nitrogen and oxygen atoms in total. The van der Waals surface area contributed by atoms with Gasteiger partial charge in [-0.2, -0.15) is 0 Å². The Balaban J connectivity index is 2.38. The molecule has 0 spiro atoms. The van der Waals surface area contributed by atoms with Crippen LogP contribution in [0.15, 0.2) is 41.3 Å². The molecule has 0 aliphatic heterocycles. The van der Waals surface area contributed by atoms with Gasteiger partial charge in [0, 0.05) is 11.3 Å². The summed E-state index contributed by atoms with van der Waals surface area (Å²) in [4.78, 5) is -0.0110. The van der Waals surface area contributed by atoms with Gasteiger partial charge in [-0.3, -0.25) is 0 Å². The molecular weight excluding hydrogens is 324 g/mol. The van der Waals surface area contributed by atoms with Crippen LogP contribution in [-0.2, 0) is 15.6 Å². The summed E-state index contributed by atoms with van der Waals surface area (Å²) in [5.41, 5.74) is 5.70. The van der Waals surface area contributed by atoms with Crippen LogP contribution in [0.25, 0.3) is 0 Å². The van der Waals surface area contributed by atoms with Crippen LogP contribution in [-0.4, -0.2) is 8.42 Å². The maximum atomic E-state index is 13.6. The Bertz CT molecular complexity index is 763. The van der Waals surface area contributed by atoms with Gasteiger partial charge in [0.2, 0.25) is 0 Å². The van der Waals surface area contributed by atoms with E-state index in [1.165, 1.54) is 30.3 Å². The molecule has 0 saturated heterocycles. The lowest BCUT2D eigenvalue weighted by molar-refractivity contribution is 0.587. The van der Waals surface area contributed by atoms with Crippen molar-refractivity contribution < 1.29 is 12.8 Å². The van der Waals surface area contributed by atoms with Gasteiger partial charge < -0.3 is 5.73 Å². The standard InChI is InChI=1S/C13H10Cl2FNO2S/c14-11-4-3-10(6-12(11)15)20(18,19)7-8-1-2-9(17)5-13(8)16/h1-6H,7,17H2. The van der Waals surface area contributed by atoms with E-state index in [1.807, 2.05) is 0 Å². The predicted molar refractivity (Wildman–Crippen MR) is 78.2 cm³/mol. The van der Waals surface area contributed by atoms with Crippen LogP contribution in [0, 0.1) is 5.82 Å². The molecule has 0 unspecified atom stereocenters. The Hall–Kier alpha value is -1.30. The van der Waals surface area contributed by atoms with Crippen molar-refractivity contribution in [2.45, 2.75) is 10.6 Å². The second-order valence-corrected chi connectivity index (χ2v) is 6.99. The smallest absolute Gasteiger partial charge is 0.182 e. The van der Waals surface area contributed by atoms with E-state index >= 15 is 0 Å². The Morgan fingerprint density at radius 3 is 2.35 bits per heavy atom. The Labute approximate surface area is 126 Å². The van der Waals surface area contributed by atoms with Crippen LogP contribution >= 0.6 is 23.2 Å². The molecular formula is C13H10Cl2FNO2S. The number of anilines is 1. The zero-order valence-electron chi connectivity index (χ0n) is 10.1. The molecule has 0 fully saturated rings. The highest BCUT2D eigenvalue weighted by atomic mass is 35.5. The van der Waals surface area contributed by atoms with Gasteiger partial charge in [-0.15, -0.1) is 0 Å². The first kappa shape index (κ1) is 15.1. The van der Waals surface area contributed by atoms with E-state index in [9.17, 15) is 12.8 Å². The zero-order chi connectivity index (χ0) is 14.9. The maximum absolute atomic E-state index is 13.6. The van der Waals surface area contributed by atoms with Gasteiger partial charge in [0.05, 0.1) is 20.7 Å². The molecule has 0 amide bonds. The number of sulfone groups is 1. The maximum Gasteiger partial charge on any atom is 0.182 e. The summed E-state index contributed by atoms with van der Waals surface area (Å²) < 4.78 is 38.1. The fraction of sp³-hybridized carbons (Fsp3) is 0.0769. The van der Waals surface area contributed by atoms with E-state index < -0.39 is 21.4 Å². The molecule has 2 rings (SSSR count). The second-order valence-electron chi connectivity index (χ2n) is 4.19. The topological polar surface area (TPSA) is 60.2 Å². The second kappa shape index (κ2) is 5.60. The lowest BCUT2D eigenvalue weighted by Crippen LogP contribution is -2.07. The highest BCUT2D eigenvalue weighted by molar-refractivity contribution is 7.90. The third-order valence-electron chi connectivity index (χ3n) is 2.67. The average Bonchev–Trinajstić information content (AvgIpc) is 2.36. The summed E-state index contributed by atoms with van der Waals surface area (Å²) in [5.74, 6) is -1.13. The van der Waals surface area contributed by atoms with Gasteiger partial charge in [0.25, 0.3) is 0 Å². The van der Waals surface area contributed by atoms with Crippen molar-refractivity contribution in [1.29, 1.82) is 0 Å². The van der Waals surface area contributed by atoms with E-state index in [0.29, 0.717) is 0 Å². The Kier molecular flexibility index (Phi) is 4.22. The minimum absolute atomic E-state index is 0.0110. The van der Waals surface area contributed by atoms with Crippen molar-refractivity contribution in [2.75, 3.05) is 5.73 Å². The number of nitrogens with two attached hydrogens (primary N) is 1. The third kappa shape index (κ3) is 3.23. The Morgan fingerprint density at radius 2 is 1.75 bits per heavy atom. The van der Waals surface area contributed by atoms with Crippen LogP contribution in [0.4, 0.5) is 10.1 Å². The highest BCUT2D eigenvalue weighted by Crippen LogP contribution is 2.27. The van der Waals surface area contributed by atoms with E-state index in [-0.39, 0.29) is 26.2 Å². The SMILES string of the molecule is Nc1ccc(CS(=O)(=O)c2ccc(Cl)c(Cl)c2)c(F)c1. The molecule has 2 aromatic carbocycles. The predicted octanol–water partition coefficient (Wildman–Crippen LogP) is 3.69.